The van der Waals surface area contributed by atoms with Crippen LogP contribution in [0.2, 0.25) is 0 Å². The van der Waals surface area contributed by atoms with Crippen LogP contribution >= 0.6 is 23.1 Å². The summed E-state index contributed by atoms with van der Waals surface area (Å²) in [4.78, 5) is 0. The van der Waals surface area contributed by atoms with E-state index in [0.717, 1.165) is 6.07 Å². The number of nitrogens with two attached hydrogens (primary N) is 1. The van der Waals surface area contributed by atoms with E-state index in [9.17, 15) is 13.2 Å². The Morgan fingerprint density at radius 2 is 2.11 bits per heavy atom. The smallest absolute Gasteiger partial charge is 0.399 e. The van der Waals surface area contributed by atoms with Crippen molar-refractivity contribution in [3.63, 3.8) is 0 Å². The Bertz CT molecular complexity index is 526. The molecule has 1 heterocycles. The van der Waals surface area contributed by atoms with Crippen molar-refractivity contribution >= 4 is 28.8 Å². The van der Waals surface area contributed by atoms with Gasteiger partial charge in [0.15, 0.2) is 4.34 Å². The molecule has 0 aliphatic heterocycles. The van der Waals surface area contributed by atoms with Gasteiger partial charge in [0.05, 0.1) is 5.56 Å². The molecule has 2 rings (SSSR count). The van der Waals surface area contributed by atoms with Gasteiger partial charge in [0, 0.05) is 11.4 Å². The lowest BCUT2D eigenvalue weighted by molar-refractivity contribution is -0.138. The summed E-state index contributed by atoms with van der Waals surface area (Å²) < 4.78 is 39.1. The van der Waals surface area contributed by atoms with Crippen LogP contribution in [0.15, 0.2) is 28.0 Å². The van der Waals surface area contributed by atoms with Gasteiger partial charge >= 0.3 is 6.18 Å². The average Bonchev–Trinajstić information content (AvgIpc) is 2.79. The molecule has 0 saturated carbocycles. The highest BCUT2D eigenvalue weighted by Gasteiger charge is 2.33. The molecule has 0 amide bonds. The van der Waals surface area contributed by atoms with Gasteiger partial charge in [0.25, 0.3) is 0 Å². The third-order valence-corrected chi connectivity index (χ3v) is 4.04. The Hall–Kier alpha value is -1.28. The zero-order chi connectivity index (χ0) is 13.2. The van der Waals surface area contributed by atoms with Gasteiger partial charge in [0.1, 0.15) is 5.51 Å². The molecule has 0 radical (unpaired) electrons. The van der Waals surface area contributed by atoms with Crippen molar-refractivity contribution in [2.75, 3.05) is 5.73 Å². The second-order valence-electron chi connectivity index (χ2n) is 3.41. The molecule has 1 aromatic carbocycles. The molecule has 0 saturated heterocycles. The average molecular weight is 291 g/mol. The van der Waals surface area contributed by atoms with E-state index >= 15 is 0 Å². The predicted molar refractivity (Wildman–Crippen MR) is 65.3 cm³/mol. The fraction of sp³-hybridized carbons (Fsp3) is 0.200. The van der Waals surface area contributed by atoms with E-state index in [-0.39, 0.29) is 17.0 Å². The maximum Gasteiger partial charge on any atom is 0.416 e. The summed E-state index contributed by atoms with van der Waals surface area (Å²) in [5.74, 6) is 0.185. The van der Waals surface area contributed by atoms with Crippen LogP contribution in [0.1, 0.15) is 11.1 Å². The number of thioether (sulfide) groups is 1. The molecule has 1 aromatic heterocycles. The van der Waals surface area contributed by atoms with Crippen LogP contribution in [0, 0.1) is 0 Å². The van der Waals surface area contributed by atoms with Gasteiger partial charge in [-0.05, 0) is 17.7 Å². The molecular formula is C10H8F3N3S2. The molecule has 96 valence electrons. The lowest BCUT2D eigenvalue weighted by Crippen LogP contribution is -2.09. The number of alkyl halides is 3. The zero-order valence-corrected chi connectivity index (χ0v) is 10.6. The summed E-state index contributed by atoms with van der Waals surface area (Å²) in [7, 11) is 0. The third kappa shape index (κ3) is 3.14. The van der Waals surface area contributed by atoms with Gasteiger partial charge < -0.3 is 5.73 Å². The first-order chi connectivity index (χ1) is 8.47. The number of benzene rings is 1. The molecule has 2 aromatic rings. The van der Waals surface area contributed by atoms with Gasteiger partial charge in [-0.25, -0.2) is 0 Å². The van der Waals surface area contributed by atoms with Gasteiger partial charge in [-0.3, -0.25) is 0 Å². The van der Waals surface area contributed by atoms with E-state index in [0.29, 0.717) is 4.34 Å². The molecule has 0 atom stereocenters. The molecular weight excluding hydrogens is 283 g/mol. The first-order valence-electron chi connectivity index (χ1n) is 4.81. The summed E-state index contributed by atoms with van der Waals surface area (Å²) in [5, 5.41) is 7.39. The molecule has 0 bridgehead atoms. The number of nitrogens with zero attached hydrogens (tertiary/aromatic N) is 2. The van der Waals surface area contributed by atoms with Crippen molar-refractivity contribution in [3.8, 4) is 0 Å². The number of halogens is 3. The highest BCUT2D eigenvalue weighted by atomic mass is 32.2. The minimum Gasteiger partial charge on any atom is -0.399 e. The van der Waals surface area contributed by atoms with Gasteiger partial charge in [-0.1, -0.05) is 29.2 Å². The van der Waals surface area contributed by atoms with Gasteiger partial charge in [-0.15, -0.1) is 10.2 Å². The topological polar surface area (TPSA) is 51.8 Å². The van der Waals surface area contributed by atoms with Crippen molar-refractivity contribution < 1.29 is 13.2 Å². The Balaban J connectivity index is 2.22. The fourth-order valence-electron chi connectivity index (χ4n) is 1.35. The second-order valence-corrected chi connectivity index (χ2v) is 5.46. The van der Waals surface area contributed by atoms with E-state index in [1.807, 2.05) is 0 Å². The monoisotopic (exact) mass is 291 g/mol. The molecule has 0 spiro atoms. The maximum atomic E-state index is 12.8. The first-order valence-corrected chi connectivity index (χ1v) is 6.68. The number of aromatic nitrogens is 2. The summed E-state index contributed by atoms with van der Waals surface area (Å²) >= 11 is 2.51. The standard InChI is InChI=1S/C10H8F3N3S2/c11-10(12,13)8-3-7(14)2-1-6(8)4-17-9-16-15-5-18-9/h1-3,5H,4,14H2. The summed E-state index contributed by atoms with van der Waals surface area (Å²) in [6.45, 7) is 0. The Kier molecular flexibility index (Phi) is 3.76. The Morgan fingerprint density at radius 3 is 2.72 bits per heavy atom. The Labute approximate surface area is 109 Å². The maximum absolute atomic E-state index is 12.8. The van der Waals surface area contributed by atoms with E-state index < -0.39 is 11.7 Å². The van der Waals surface area contributed by atoms with Crippen LogP contribution in [0.5, 0.6) is 0 Å². The quantitative estimate of drug-likeness (QED) is 0.695. The number of hydrogen-bond acceptors (Lipinski definition) is 5. The largest absolute Gasteiger partial charge is 0.416 e. The molecule has 8 heteroatoms. The van der Waals surface area contributed by atoms with E-state index in [2.05, 4.69) is 10.2 Å². The predicted octanol–water partition coefficient (Wildman–Crippen LogP) is 3.43. The molecule has 18 heavy (non-hydrogen) atoms. The van der Waals surface area contributed by atoms with Crippen molar-refractivity contribution in [1.82, 2.24) is 10.2 Å². The molecule has 0 aliphatic carbocycles. The number of anilines is 1. The van der Waals surface area contributed by atoms with Crippen LogP contribution in [0.3, 0.4) is 0 Å². The minimum atomic E-state index is -4.40. The van der Waals surface area contributed by atoms with Crippen molar-refractivity contribution in [1.29, 1.82) is 0 Å². The van der Waals surface area contributed by atoms with Crippen molar-refractivity contribution in [3.05, 3.63) is 34.8 Å². The van der Waals surface area contributed by atoms with Crippen molar-refractivity contribution in [2.24, 2.45) is 0 Å². The molecule has 3 nitrogen and oxygen atoms in total. The minimum absolute atomic E-state index is 0.104. The zero-order valence-electron chi connectivity index (χ0n) is 8.94. The molecule has 2 N–H and O–H groups in total. The van der Waals surface area contributed by atoms with Crippen LogP contribution in [0.25, 0.3) is 0 Å². The molecule has 0 fully saturated rings. The summed E-state index contributed by atoms with van der Waals surface area (Å²) in [6, 6.07) is 3.81. The number of nitrogen functional groups attached to an aromatic ring is 1. The van der Waals surface area contributed by atoms with E-state index in [1.54, 1.807) is 0 Å². The molecule has 0 unspecified atom stereocenters. The third-order valence-electron chi connectivity index (χ3n) is 2.13. The number of rotatable bonds is 3. The van der Waals surface area contributed by atoms with Crippen molar-refractivity contribution in [2.45, 2.75) is 16.3 Å². The van der Waals surface area contributed by atoms with Crippen LogP contribution in [-0.4, -0.2) is 10.2 Å². The normalized spacial score (nSPS) is 11.7. The second kappa shape index (κ2) is 5.15. The van der Waals surface area contributed by atoms with E-state index in [1.165, 1.54) is 40.7 Å². The number of hydrogen-bond donors (Lipinski definition) is 1. The lowest BCUT2D eigenvalue weighted by atomic mass is 10.1. The van der Waals surface area contributed by atoms with Crippen LogP contribution in [-0.2, 0) is 11.9 Å². The highest BCUT2D eigenvalue weighted by molar-refractivity contribution is 8.00. The van der Waals surface area contributed by atoms with Crippen LogP contribution in [0.4, 0.5) is 18.9 Å². The van der Waals surface area contributed by atoms with Gasteiger partial charge in [-0.2, -0.15) is 13.2 Å². The Morgan fingerprint density at radius 1 is 1.33 bits per heavy atom. The lowest BCUT2D eigenvalue weighted by Gasteiger charge is -2.12. The van der Waals surface area contributed by atoms with Crippen LogP contribution < -0.4 is 5.73 Å². The van der Waals surface area contributed by atoms with Gasteiger partial charge in [0.2, 0.25) is 0 Å². The highest BCUT2D eigenvalue weighted by Crippen LogP contribution is 2.36. The summed E-state index contributed by atoms with van der Waals surface area (Å²) in [6.07, 6.45) is -4.40. The SMILES string of the molecule is Nc1ccc(CSc2nncs2)c(C(F)(F)F)c1. The fourth-order valence-corrected chi connectivity index (χ4v) is 2.84. The van der Waals surface area contributed by atoms with E-state index in [4.69, 9.17) is 5.73 Å². The molecule has 0 aliphatic rings. The summed E-state index contributed by atoms with van der Waals surface area (Å²) in [5.41, 5.74) is 6.53. The first kappa shape index (κ1) is 13.2.